The standard InChI is InChI=1S/C23H19ClN2O3S/c1-16(17-10-4-2-5-11-17)25-22-23(30(27,28)18-12-6-3-7-13-18)26-21(29-22)19-14-8-9-15-20(19)24/h2-16,25H,1H3. The zero-order valence-corrected chi connectivity index (χ0v) is 17.7. The number of nitrogens with one attached hydrogen (secondary N) is 1. The first-order chi connectivity index (χ1) is 14.5. The van der Waals surface area contributed by atoms with Gasteiger partial charge in [0.1, 0.15) is 0 Å². The van der Waals surface area contributed by atoms with E-state index in [1.807, 2.05) is 37.3 Å². The van der Waals surface area contributed by atoms with Crippen molar-refractivity contribution in [1.29, 1.82) is 0 Å². The van der Waals surface area contributed by atoms with Crippen LogP contribution >= 0.6 is 11.6 Å². The van der Waals surface area contributed by atoms with E-state index in [9.17, 15) is 8.42 Å². The maximum Gasteiger partial charge on any atom is 0.234 e. The maximum atomic E-state index is 13.3. The molecule has 0 saturated carbocycles. The van der Waals surface area contributed by atoms with E-state index >= 15 is 0 Å². The smallest absolute Gasteiger partial charge is 0.234 e. The summed E-state index contributed by atoms with van der Waals surface area (Å²) in [6.45, 7) is 1.92. The topological polar surface area (TPSA) is 72.2 Å². The van der Waals surface area contributed by atoms with Crippen molar-refractivity contribution < 1.29 is 12.8 Å². The average Bonchev–Trinajstić information content (AvgIpc) is 3.19. The first-order valence-corrected chi connectivity index (χ1v) is 11.2. The molecule has 1 atom stereocenters. The summed E-state index contributed by atoms with van der Waals surface area (Å²) in [6.07, 6.45) is 0. The molecule has 30 heavy (non-hydrogen) atoms. The molecule has 3 aromatic carbocycles. The predicted octanol–water partition coefficient (Wildman–Crippen LogP) is 6.00. The molecule has 4 rings (SSSR count). The minimum absolute atomic E-state index is 0.0742. The lowest BCUT2D eigenvalue weighted by Gasteiger charge is -2.14. The fourth-order valence-electron chi connectivity index (χ4n) is 3.06. The molecule has 7 heteroatoms. The first kappa shape index (κ1) is 20.2. The van der Waals surface area contributed by atoms with Crippen LogP contribution in [0.1, 0.15) is 18.5 Å². The van der Waals surface area contributed by atoms with Gasteiger partial charge >= 0.3 is 0 Å². The van der Waals surface area contributed by atoms with Crippen molar-refractivity contribution in [3.8, 4) is 11.5 Å². The minimum atomic E-state index is -3.91. The van der Waals surface area contributed by atoms with E-state index in [-0.39, 0.29) is 27.7 Å². The van der Waals surface area contributed by atoms with Gasteiger partial charge in [0.15, 0.2) is 0 Å². The van der Waals surface area contributed by atoms with E-state index in [1.165, 1.54) is 12.1 Å². The third-order valence-corrected chi connectivity index (χ3v) is 6.66. The van der Waals surface area contributed by atoms with Gasteiger partial charge in [0.2, 0.25) is 26.6 Å². The molecule has 0 saturated heterocycles. The van der Waals surface area contributed by atoms with Crippen molar-refractivity contribution in [2.75, 3.05) is 5.32 Å². The molecular formula is C23H19ClN2O3S. The van der Waals surface area contributed by atoms with Gasteiger partial charge in [0, 0.05) is 0 Å². The van der Waals surface area contributed by atoms with Crippen LogP contribution in [-0.4, -0.2) is 13.4 Å². The number of halogens is 1. The monoisotopic (exact) mass is 438 g/mol. The molecule has 0 aliphatic carbocycles. The second-order valence-corrected chi connectivity index (χ2v) is 9.00. The SMILES string of the molecule is CC(Nc1oc(-c2ccccc2Cl)nc1S(=O)(=O)c1ccccc1)c1ccccc1. The number of hydrogen-bond donors (Lipinski definition) is 1. The van der Waals surface area contributed by atoms with Crippen molar-refractivity contribution in [2.24, 2.45) is 0 Å². The van der Waals surface area contributed by atoms with Crippen LogP contribution in [0.5, 0.6) is 0 Å². The molecule has 0 amide bonds. The van der Waals surface area contributed by atoms with E-state index in [1.54, 1.807) is 42.5 Å². The second-order valence-electron chi connectivity index (χ2n) is 6.73. The highest BCUT2D eigenvalue weighted by Gasteiger charge is 2.29. The molecule has 1 aromatic heterocycles. The summed E-state index contributed by atoms with van der Waals surface area (Å²) in [6, 6.07) is 24.6. The minimum Gasteiger partial charge on any atom is -0.419 e. The number of benzene rings is 3. The highest BCUT2D eigenvalue weighted by molar-refractivity contribution is 7.91. The van der Waals surface area contributed by atoms with Crippen molar-refractivity contribution in [2.45, 2.75) is 22.9 Å². The van der Waals surface area contributed by atoms with Crippen LogP contribution in [0.4, 0.5) is 5.88 Å². The molecule has 0 spiro atoms. The number of aromatic nitrogens is 1. The molecule has 1 unspecified atom stereocenters. The Balaban J connectivity index is 1.82. The molecule has 0 bridgehead atoms. The van der Waals surface area contributed by atoms with Gasteiger partial charge in [-0.1, -0.05) is 72.3 Å². The number of anilines is 1. The van der Waals surface area contributed by atoms with E-state index in [4.69, 9.17) is 16.0 Å². The fraction of sp³-hybridized carbons (Fsp3) is 0.0870. The van der Waals surface area contributed by atoms with Crippen LogP contribution in [0.15, 0.2) is 99.3 Å². The first-order valence-electron chi connectivity index (χ1n) is 9.34. The molecule has 4 aromatic rings. The zero-order valence-electron chi connectivity index (χ0n) is 16.1. The van der Waals surface area contributed by atoms with Gasteiger partial charge in [-0.25, -0.2) is 8.42 Å². The third kappa shape index (κ3) is 3.97. The van der Waals surface area contributed by atoms with Gasteiger partial charge < -0.3 is 9.73 Å². The zero-order chi connectivity index (χ0) is 21.1. The number of oxazole rings is 1. The second kappa shape index (κ2) is 8.34. The van der Waals surface area contributed by atoms with Crippen LogP contribution in [0.25, 0.3) is 11.5 Å². The van der Waals surface area contributed by atoms with Crippen LogP contribution in [0.2, 0.25) is 5.02 Å². The van der Waals surface area contributed by atoms with Crippen molar-refractivity contribution >= 4 is 27.3 Å². The van der Waals surface area contributed by atoms with Crippen molar-refractivity contribution in [3.63, 3.8) is 0 Å². The van der Waals surface area contributed by atoms with Gasteiger partial charge in [0.25, 0.3) is 0 Å². The van der Waals surface area contributed by atoms with Gasteiger partial charge in [-0.15, -0.1) is 0 Å². The summed E-state index contributed by atoms with van der Waals surface area (Å²) in [5.41, 5.74) is 1.50. The highest BCUT2D eigenvalue weighted by Crippen LogP contribution is 2.36. The Kier molecular flexibility index (Phi) is 5.61. The third-order valence-electron chi connectivity index (χ3n) is 4.66. The molecule has 1 N–H and O–H groups in total. The van der Waals surface area contributed by atoms with Gasteiger partial charge in [-0.2, -0.15) is 4.98 Å². The van der Waals surface area contributed by atoms with Crippen molar-refractivity contribution in [3.05, 3.63) is 95.5 Å². The van der Waals surface area contributed by atoms with Gasteiger partial charge in [0.05, 0.1) is 21.5 Å². The Morgan fingerprint density at radius 1 is 0.900 bits per heavy atom. The highest BCUT2D eigenvalue weighted by atomic mass is 35.5. The maximum absolute atomic E-state index is 13.3. The Hall–Kier alpha value is -3.09. The molecule has 0 fully saturated rings. The summed E-state index contributed by atoms with van der Waals surface area (Å²) in [5, 5.41) is 3.41. The molecule has 152 valence electrons. The molecule has 0 aliphatic heterocycles. The molecule has 0 radical (unpaired) electrons. The number of rotatable bonds is 6. The van der Waals surface area contributed by atoms with Crippen LogP contribution in [-0.2, 0) is 9.84 Å². The van der Waals surface area contributed by atoms with Gasteiger partial charge in [-0.3, -0.25) is 0 Å². The van der Waals surface area contributed by atoms with Crippen LogP contribution in [0, 0.1) is 0 Å². The lowest BCUT2D eigenvalue weighted by Crippen LogP contribution is -2.10. The summed E-state index contributed by atoms with van der Waals surface area (Å²) >= 11 is 6.28. The Labute approximate surface area is 180 Å². The van der Waals surface area contributed by atoms with E-state index in [0.29, 0.717) is 10.6 Å². The van der Waals surface area contributed by atoms with E-state index in [2.05, 4.69) is 10.3 Å². The molecular weight excluding hydrogens is 420 g/mol. The summed E-state index contributed by atoms with van der Waals surface area (Å²) in [4.78, 5) is 4.47. The van der Waals surface area contributed by atoms with Crippen LogP contribution < -0.4 is 5.32 Å². The van der Waals surface area contributed by atoms with E-state index in [0.717, 1.165) is 5.56 Å². The molecule has 1 heterocycles. The number of nitrogens with zero attached hydrogens (tertiary/aromatic N) is 1. The van der Waals surface area contributed by atoms with E-state index < -0.39 is 9.84 Å². The Morgan fingerprint density at radius 2 is 1.50 bits per heavy atom. The number of hydrogen-bond acceptors (Lipinski definition) is 5. The molecule has 0 aliphatic rings. The molecule has 5 nitrogen and oxygen atoms in total. The quantitative estimate of drug-likeness (QED) is 0.399. The van der Waals surface area contributed by atoms with Crippen molar-refractivity contribution in [1.82, 2.24) is 4.98 Å². The lowest BCUT2D eigenvalue weighted by molar-refractivity contribution is 0.570. The fourth-order valence-corrected chi connectivity index (χ4v) is 4.57. The Bertz CT molecular complexity index is 1260. The number of sulfone groups is 1. The van der Waals surface area contributed by atoms with Crippen LogP contribution in [0.3, 0.4) is 0 Å². The summed E-state index contributed by atoms with van der Waals surface area (Å²) in [7, 11) is -3.91. The largest absolute Gasteiger partial charge is 0.419 e. The van der Waals surface area contributed by atoms with Gasteiger partial charge in [-0.05, 0) is 36.8 Å². The predicted molar refractivity (Wildman–Crippen MR) is 117 cm³/mol. The summed E-state index contributed by atoms with van der Waals surface area (Å²) in [5.74, 6) is 0.211. The summed E-state index contributed by atoms with van der Waals surface area (Å²) < 4.78 is 32.5. The Morgan fingerprint density at radius 3 is 2.17 bits per heavy atom. The average molecular weight is 439 g/mol. The lowest BCUT2D eigenvalue weighted by atomic mass is 10.1. The normalized spacial score (nSPS) is 12.5.